The molecule has 3 nitrogen and oxygen atoms in total. The summed E-state index contributed by atoms with van der Waals surface area (Å²) in [5, 5.41) is 6.66. The number of unbranched alkanes of at least 4 members (excludes halogenated alkanes) is 1. The van der Waals surface area contributed by atoms with Crippen LogP contribution in [0.4, 0.5) is 0 Å². The maximum absolute atomic E-state index is 4.56. The fraction of sp³-hybridized carbons (Fsp3) is 0.917. The fourth-order valence-corrected chi connectivity index (χ4v) is 1.70. The standard InChI is InChI=1S/C12H27N3S.HI/c1-5-11(3)15-12(13-6-2)14-9-7-8-10-16-4;/h11H,5-10H2,1-4H3,(H2,13,14,15);1H. The van der Waals surface area contributed by atoms with Gasteiger partial charge < -0.3 is 10.6 Å². The van der Waals surface area contributed by atoms with Crippen LogP contribution < -0.4 is 10.6 Å². The number of nitrogens with zero attached hydrogens (tertiary/aromatic N) is 1. The van der Waals surface area contributed by atoms with E-state index in [1.54, 1.807) is 0 Å². The lowest BCUT2D eigenvalue weighted by molar-refractivity contribution is 0.623. The Balaban J connectivity index is 0. The molecule has 0 aromatic rings. The molecular weight excluding hydrogens is 345 g/mol. The van der Waals surface area contributed by atoms with E-state index in [9.17, 15) is 0 Å². The summed E-state index contributed by atoms with van der Waals surface area (Å²) in [6, 6.07) is 0.490. The Kier molecular flexibility index (Phi) is 16.7. The number of halogens is 1. The highest BCUT2D eigenvalue weighted by Gasteiger charge is 2.01. The molecule has 0 aliphatic heterocycles. The van der Waals surface area contributed by atoms with Crippen LogP contribution in [-0.2, 0) is 0 Å². The molecule has 2 N–H and O–H groups in total. The van der Waals surface area contributed by atoms with E-state index in [1.807, 2.05) is 11.8 Å². The fourth-order valence-electron chi connectivity index (χ4n) is 1.20. The largest absolute Gasteiger partial charge is 0.357 e. The van der Waals surface area contributed by atoms with Gasteiger partial charge in [0.1, 0.15) is 0 Å². The Labute approximate surface area is 128 Å². The van der Waals surface area contributed by atoms with Crippen molar-refractivity contribution in [3.8, 4) is 0 Å². The second-order valence-electron chi connectivity index (χ2n) is 3.91. The summed E-state index contributed by atoms with van der Waals surface area (Å²) in [6.07, 6.45) is 5.71. The van der Waals surface area contributed by atoms with Gasteiger partial charge in [-0.1, -0.05) is 6.92 Å². The maximum atomic E-state index is 4.56. The van der Waals surface area contributed by atoms with Crippen molar-refractivity contribution in [2.45, 2.75) is 46.1 Å². The Morgan fingerprint density at radius 2 is 2.00 bits per heavy atom. The number of thioether (sulfide) groups is 1. The molecule has 0 saturated heterocycles. The second kappa shape index (κ2) is 14.4. The van der Waals surface area contributed by atoms with Crippen molar-refractivity contribution in [3.63, 3.8) is 0 Å². The number of hydrogen-bond acceptors (Lipinski definition) is 2. The molecule has 0 heterocycles. The molecule has 0 aromatic carbocycles. The van der Waals surface area contributed by atoms with Crippen LogP contribution in [0.1, 0.15) is 40.0 Å². The number of guanidine groups is 1. The molecule has 0 aromatic heterocycles. The number of hydrogen-bond donors (Lipinski definition) is 2. The lowest BCUT2D eigenvalue weighted by Crippen LogP contribution is -2.42. The SMILES string of the molecule is CCNC(=NCCCCSC)NC(C)CC.I. The van der Waals surface area contributed by atoms with Gasteiger partial charge in [-0.15, -0.1) is 24.0 Å². The summed E-state index contributed by atoms with van der Waals surface area (Å²) in [5.74, 6) is 2.20. The number of aliphatic imine (C=N–C) groups is 1. The van der Waals surface area contributed by atoms with Crippen LogP contribution in [0.25, 0.3) is 0 Å². The summed E-state index contributed by atoms with van der Waals surface area (Å²) in [5.41, 5.74) is 0. The molecule has 17 heavy (non-hydrogen) atoms. The average molecular weight is 373 g/mol. The van der Waals surface area contributed by atoms with Gasteiger partial charge >= 0.3 is 0 Å². The molecule has 5 heteroatoms. The lowest BCUT2D eigenvalue weighted by atomic mass is 10.3. The third kappa shape index (κ3) is 12.6. The van der Waals surface area contributed by atoms with Crippen molar-refractivity contribution in [2.75, 3.05) is 25.1 Å². The zero-order valence-corrected chi connectivity index (χ0v) is 14.7. The quantitative estimate of drug-likeness (QED) is 0.297. The highest BCUT2D eigenvalue weighted by molar-refractivity contribution is 14.0. The minimum atomic E-state index is 0. The molecule has 0 fully saturated rings. The molecule has 104 valence electrons. The van der Waals surface area contributed by atoms with Crippen LogP contribution in [0.2, 0.25) is 0 Å². The molecule has 0 saturated carbocycles. The predicted molar refractivity (Wildman–Crippen MR) is 91.9 cm³/mol. The van der Waals surface area contributed by atoms with Crippen molar-refractivity contribution in [1.29, 1.82) is 0 Å². The molecule has 0 aliphatic carbocycles. The Hall–Kier alpha value is 0.350. The summed E-state index contributed by atoms with van der Waals surface area (Å²) in [7, 11) is 0. The van der Waals surface area contributed by atoms with Gasteiger partial charge in [0, 0.05) is 19.1 Å². The minimum absolute atomic E-state index is 0. The molecule has 0 aliphatic rings. The monoisotopic (exact) mass is 373 g/mol. The molecule has 0 radical (unpaired) electrons. The highest BCUT2D eigenvalue weighted by Crippen LogP contribution is 1.99. The molecule has 0 bridgehead atoms. The first-order chi connectivity index (χ1) is 7.74. The third-order valence-corrected chi connectivity index (χ3v) is 3.06. The van der Waals surface area contributed by atoms with E-state index in [0.29, 0.717) is 6.04 Å². The Morgan fingerprint density at radius 3 is 2.53 bits per heavy atom. The summed E-state index contributed by atoms with van der Waals surface area (Å²) < 4.78 is 0. The smallest absolute Gasteiger partial charge is 0.191 e. The van der Waals surface area contributed by atoms with Crippen LogP contribution in [0.15, 0.2) is 4.99 Å². The normalized spacial score (nSPS) is 12.8. The van der Waals surface area contributed by atoms with Gasteiger partial charge in [0.25, 0.3) is 0 Å². The molecule has 0 rings (SSSR count). The first-order valence-corrected chi connectivity index (χ1v) is 7.67. The molecule has 0 spiro atoms. The summed E-state index contributed by atoms with van der Waals surface area (Å²) >= 11 is 1.91. The second-order valence-corrected chi connectivity index (χ2v) is 4.90. The first-order valence-electron chi connectivity index (χ1n) is 6.28. The van der Waals surface area contributed by atoms with Gasteiger partial charge in [-0.25, -0.2) is 0 Å². The number of nitrogens with one attached hydrogen (secondary N) is 2. The topological polar surface area (TPSA) is 36.4 Å². The van der Waals surface area contributed by atoms with Crippen LogP contribution >= 0.6 is 35.7 Å². The van der Waals surface area contributed by atoms with Gasteiger partial charge in [-0.2, -0.15) is 11.8 Å². The van der Waals surface area contributed by atoms with Crippen molar-refractivity contribution in [1.82, 2.24) is 10.6 Å². The highest BCUT2D eigenvalue weighted by atomic mass is 127. The zero-order chi connectivity index (χ0) is 12.2. The van der Waals surface area contributed by atoms with E-state index in [0.717, 1.165) is 25.5 Å². The van der Waals surface area contributed by atoms with Crippen molar-refractivity contribution in [3.05, 3.63) is 0 Å². The van der Waals surface area contributed by atoms with Crippen molar-refractivity contribution in [2.24, 2.45) is 4.99 Å². The van der Waals surface area contributed by atoms with E-state index in [-0.39, 0.29) is 24.0 Å². The minimum Gasteiger partial charge on any atom is -0.357 e. The van der Waals surface area contributed by atoms with Crippen molar-refractivity contribution >= 4 is 41.7 Å². The van der Waals surface area contributed by atoms with Crippen LogP contribution in [-0.4, -0.2) is 37.1 Å². The van der Waals surface area contributed by atoms with Gasteiger partial charge in [0.15, 0.2) is 5.96 Å². The lowest BCUT2D eigenvalue weighted by Gasteiger charge is -2.16. The van der Waals surface area contributed by atoms with Gasteiger partial charge in [0.2, 0.25) is 0 Å². The average Bonchev–Trinajstić information content (AvgIpc) is 2.28. The van der Waals surface area contributed by atoms with E-state index in [1.165, 1.54) is 18.6 Å². The molecule has 1 unspecified atom stereocenters. The molecule has 1 atom stereocenters. The van der Waals surface area contributed by atoms with Crippen LogP contribution in [0.3, 0.4) is 0 Å². The predicted octanol–water partition coefficient (Wildman–Crippen LogP) is 3.10. The van der Waals surface area contributed by atoms with E-state index in [2.05, 4.69) is 42.7 Å². The van der Waals surface area contributed by atoms with Crippen molar-refractivity contribution < 1.29 is 0 Å². The summed E-state index contributed by atoms with van der Waals surface area (Å²) in [6.45, 7) is 8.31. The molecular formula is C12H28IN3S. The third-order valence-electron chi connectivity index (χ3n) is 2.37. The van der Waals surface area contributed by atoms with Gasteiger partial charge in [0.05, 0.1) is 0 Å². The van der Waals surface area contributed by atoms with Crippen LogP contribution in [0.5, 0.6) is 0 Å². The maximum Gasteiger partial charge on any atom is 0.191 e. The van der Waals surface area contributed by atoms with E-state index < -0.39 is 0 Å². The first kappa shape index (κ1) is 19.7. The number of rotatable bonds is 8. The van der Waals surface area contributed by atoms with E-state index in [4.69, 9.17) is 0 Å². The Morgan fingerprint density at radius 1 is 1.29 bits per heavy atom. The van der Waals surface area contributed by atoms with Gasteiger partial charge in [-0.3, -0.25) is 4.99 Å². The Bertz CT molecular complexity index is 189. The summed E-state index contributed by atoms with van der Waals surface area (Å²) in [4.78, 5) is 4.56. The van der Waals surface area contributed by atoms with E-state index >= 15 is 0 Å². The van der Waals surface area contributed by atoms with Crippen LogP contribution in [0, 0.1) is 0 Å². The zero-order valence-electron chi connectivity index (χ0n) is 11.6. The van der Waals surface area contributed by atoms with Gasteiger partial charge in [-0.05, 0) is 45.1 Å². The molecule has 0 amide bonds.